The summed E-state index contributed by atoms with van der Waals surface area (Å²) >= 11 is 0. The van der Waals surface area contributed by atoms with Crippen LogP contribution in [0.15, 0.2) is 23.3 Å². The molecule has 1 saturated carbocycles. The summed E-state index contributed by atoms with van der Waals surface area (Å²) in [4.78, 5) is 24.3. The molecule has 2 rings (SSSR count). The summed E-state index contributed by atoms with van der Waals surface area (Å²) in [6.45, 7) is 10.7. The first-order valence-electron chi connectivity index (χ1n) is 8.60. The summed E-state index contributed by atoms with van der Waals surface area (Å²) in [7, 11) is 0. The van der Waals surface area contributed by atoms with E-state index in [1.807, 2.05) is 19.9 Å². The van der Waals surface area contributed by atoms with Crippen molar-refractivity contribution in [1.29, 1.82) is 0 Å². The molecule has 0 heterocycles. The van der Waals surface area contributed by atoms with Gasteiger partial charge in [0.15, 0.2) is 5.78 Å². The van der Waals surface area contributed by atoms with E-state index >= 15 is 0 Å². The van der Waals surface area contributed by atoms with Crippen LogP contribution in [0, 0.1) is 23.2 Å². The summed E-state index contributed by atoms with van der Waals surface area (Å²) in [6, 6.07) is 0. The van der Waals surface area contributed by atoms with Gasteiger partial charge in [-0.05, 0) is 55.4 Å². The predicted molar refractivity (Wildman–Crippen MR) is 90.5 cm³/mol. The van der Waals surface area contributed by atoms with Crippen LogP contribution in [0.5, 0.6) is 0 Å². The molecule has 22 heavy (non-hydrogen) atoms. The molecule has 2 heteroatoms. The molecule has 2 nitrogen and oxygen atoms in total. The number of carbonyl (C=O) groups excluding carboxylic acids is 2. The Morgan fingerprint density at radius 1 is 1.14 bits per heavy atom. The Hall–Kier alpha value is -1.18. The predicted octanol–water partition coefficient (Wildman–Crippen LogP) is 4.89. The van der Waals surface area contributed by atoms with Gasteiger partial charge in [0.25, 0.3) is 0 Å². The van der Waals surface area contributed by atoms with Gasteiger partial charge in [0.05, 0.1) is 0 Å². The van der Waals surface area contributed by atoms with Crippen LogP contribution >= 0.6 is 0 Å². The van der Waals surface area contributed by atoms with Gasteiger partial charge in [0.1, 0.15) is 5.78 Å². The number of hydrogen-bond donors (Lipinski definition) is 0. The molecule has 0 saturated heterocycles. The third-order valence-corrected chi connectivity index (χ3v) is 5.67. The number of allylic oxidation sites excluding steroid dienone is 4. The van der Waals surface area contributed by atoms with Crippen LogP contribution in [0.2, 0.25) is 0 Å². The molecular weight excluding hydrogens is 272 g/mol. The van der Waals surface area contributed by atoms with Crippen LogP contribution in [0.25, 0.3) is 0 Å². The van der Waals surface area contributed by atoms with Crippen LogP contribution in [0.4, 0.5) is 0 Å². The van der Waals surface area contributed by atoms with Gasteiger partial charge in [0, 0.05) is 19.3 Å². The van der Waals surface area contributed by atoms with E-state index in [0.717, 1.165) is 17.6 Å². The molecule has 0 aliphatic heterocycles. The molecule has 0 aromatic heterocycles. The lowest BCUT2D eigenvalue weighted by Gasteiger charge is -2.11. The van der Waals surface area contributed by atoms with E-state index in [9.17, 15) is 9.59 Å². The first-order chi connectivity index (χ1) is 10.2. The van der Waals surface area contributed by atoms with E-state index in [-0.39, 0.29) is 5.78 Å². The average molecular weight is 302 g/mol. The lowest BCUT2D eigenvalue weighted by Crippen LogP contribution is -2.07. The van der Waals surface area contributed by atoms with Gasteiger partial charge in [-0.1, -0.05) is 38.5 Å². The first-order valence-corrected chi connectivity index (χ1v) is 8.60. The molecule has 0 aromatic rings. The fraction of sp³-hybridized carbons (Fsp3) is 0.700. The highest BCUT2D eigenvalue weighted by Crippen LogP contribution is 2.61. The molecule has 2 aliphatic rings. The molecule has 0 N–H and O–H groups in total. The Balaban J connectivity index is 2.18. The van der Waals surface area contributed by atoms with Gasteiger partial charge in [-0.15, -0.1) is 0 Å². The van der Waals surface area contributed by atoms with E-state index < -0.39 is 0 Å². The van der Waals surface area contributed by atoms with Crippen molar-refractivity contribution in [3.63, 3.8) is 0 Å². The molecule has 0 radical (unpaired) electrons. The Kier molecular flexibility index (Phi) is 5.09. The number of carbonyl (C=O) groups is 2. The third kappa shape index (κ3) is 3.97. The Morgan fingerprint density at radius 2 is 1.82 bits per heavy atom. The highest BCUT2D eigenvalue weighted by Gasteiger charge is 2.55. The van der Waals surface area contributed by atoms with Crippen LogP contribution in [-0.4, -0.2) is 11.6 Å². The molecule has 1 unspecified atom stereocenters. The zero-order valence-corrected chi connectivity index (χ0v) is 14.7. The molecule has 0 amide bonds. The van der Waals surface area contributed by atoms with E-state index in [1.165, 1.54) is 6.42 Å². The van der Waals surface area contributed by atoms with Gasteiger partial charge in [0.2, 0.25) is 0 Å². The molecule has 2 aliphatic carbocycles. The molecule has 0 spiro atoms. The fourth-order valence-electron chi connectivity index (χ4n) is 3.87. The first kappa shape index (κ1) is 17.2. The van der Waals surface area contributed by atoms with Crippen LogP contribution in [0.1, 0.15) is 66.7 Å². The second-order valence-electron chi connectivity index (χ2n) is 8.08. The van der Waals surface area contributed by atoms with Crippen LogP contribution in [0.3, 0.4) is 0 Å². The van der Waals surface area contributed by atoms with Crippen molar-refractivity contribution in [3.8, 4) is 0 Å². The minimum Gasteiger partial charge on any atom is -0.299 e. The summed E-state index contributed by atoms with van der Waals surface area (Å²) < 4.78 is 0. The Bertz CT molecular complexity index is 522. The van der Waals surface area contributed by atoms with Crippen molar-refractivity contribution in [2.45, 2.75) is 66.7 Å². The highest BCUT2D eigenvalue weighted by atomic mass is 16.1. The van der Waals surface area contributed by atoms with Crippen molar-refractivity contribution in [2.75, 3.05) is 0 Å². The van der Waals surface area contributed by atoms with Gasteiger partial charge in [-0.25, -0.2) is 0 Å². The molecular formula is C20H30O2. The van der Waals surface area contributed by atoms with Crippen LogP contribution in [-0.2, 0) is 9.59 Å². The van der Waals surface area contributed by atoms with E-state index in [2.05, 4.69) is 26.8 Å². The number of fused-ring (bicyclic) bond motifs is 1. The fourth-order valence-corrected chi connectivity index (χ4v) is 3.87. The smallest absolute Gasteiger partial charge is 0.162 e. The molecule has 122 valence electrons. The van der Waals surface area contributed by atoms with Gasteiger partial charge < -0.3 is 0 Å². The Labute approximate surface area is 135 Å². The number of Topliss-reactive ketones (excluding diaryl/α,β-unsaturated/α-hetero) is 2. The van der Waals surface area contributed by atoms with Crippen molar-refractivity contribution >= 4 is 11.6 Å². The summed E-state index contributed by atoms with van der Waals surface area (Å²) in [5, 5.41) is 0. The average Bonchev–Trinajstić information content (AvgIpc) is 2.92. The number of rotatable bonds is 0. The zero-order chi connectivity index (χ0) is 16.5. The quantitative estimate of drug-likeness (QED) is 0.597. The third-order valence-electron chi connectivity index (χ3n) is 5.67. The summed E-state index contributed by atoms with van der Waals surface area (Å²) in [5.74, 6) is 2.15. The maximum absolute atomic E-state index is 12.2. The SMILES string of the molecule is C/C1=C\CC(=O)/C(C)=C/[C@H]2[C@H](CCC(C)CC(=O)C1)C2(C)C. The molecule has 0 aromatic carbocycles. The minimum atomic E-state index is 0.193. The lowest BCUT2D eigenvalue weighted by atomic mass is 9.93. The van der Waals surface area contributed by atoms with E-state index in [4.69, 9.17) is 0 Å². The highest BCUT2D eigenvalue weighted by molar-refractivity contribution is 5.96. The van der Waals surface area contributed by atoms with Crippen molar-refractivity contribution < 1.29 is 9.59 Å². The van der Waals surface area contributed by atoms with Crippen molar-refractivity contribution in [1.82, 2.24) is 0 Å². The Morgan fingerprint density at radius 3 is 2.50 bits per heavy atom. The van der Waals surface area contributed by atoms with Gasteiger partial charge in [-0.2, -0.15) is 0 Å². The summed E-state index contributed by atoms with van der Waals surface area (Å²) in [6.07, 6.45) is 8.01. The molecule has 3 atom stereocenters. The summed E-state index contributed by atoms with van der Waals surface area (Å²) in [5.41, 5.74) is 2.22. The normalized spacial score (nSPS) is 38.1. The van der Waals surface area contributed by atoms with Gasteiger partial charge in [-0.3, -0.25) is 9.59 Å². The monoisotopic (exact) mass is 302 g/mol. The lowest BCUT2D eigenvalue weighted by molar-refractivity contribution is -0.119. The second kappa shape index (κ2) is 6.52. The van der Waals surface area contributed by atoms with Crippen molar-refractivity contribution in [3.05, 3.63) is 23.3 Å². The topological polar surface area (TPSA) is 34.1 Å². The second-order valence-corrected chi connectivity index (χ2v) is 8.08. The van der Waals surface area contributed by atoms with Crippen LogP contribution < -0.4 is 0 Å². The van der Waals surface area contributed by atoms with E-state index in [1.54, 1.807) is 0 Å². The standard InChI is InChI=1S/C20H30O2/c1-13-6-8-17-18(20(17,4)5)12-15(3)19(22)9-7-14(2)11-16(21)10-13/h7,12-13,17-18H,6,8-11H2,1-5H3/b14-7+,15-12+/t13?,17-,18-/m0/s1. The minimum absolute atomic E-state index is 0.193. The largest absolute Gasteiger partial charge is 0.299 e. The maximum Gasteiger partial charge on any atom is 0.162 e. The molecule has 1 fully saturated rings. The van der Waals surface area contributed by atoms with E-state index in [0.29, 0.717) is 48.2 Å². The molecule has 0 bridgehead atoms. The van der Waals surface area contributed by atoms with Gasteiger partial charge >= 0.3 is 0 Å². The number of hydrogen-bond acceptors (Lipinski definition) is 2. The zero-order valence-electron chi connectivity index (χ0n) is 14.7. The van der Waals surface area contributed by atoms with Crippen molar-refractivity contribution in [2.24, 2.45) is 23.2 Å². The maximum atomic E-state index is 12.2. The number of ketones is 2.